The summed E-state index contributed by atoms with van der Waals surface area (Å²) in [6.45, 7) is 3.71. The smallest absolute Gasteiger partial charge is 0.0720 e. The van der Waals surface area contributed by atoms with Gasteiger partial charge in [0.05, 0.1) is 11.2 Å². The number of hydrogen-bond donors (Lipinski definition) is 1. The summed E-state index contributed by atoms with van der Waals surface area (Å²) < 4.78 is 0.979. The van der Waals surface area contributed by atoms with Gasteiger partial charge in [0.25, 0.3) is 0 Å². The quantitative estimate of drug-likeness (QED) is 0.866. The van der Waals surface area contributed by atoms with Crippen LogP contribution in [0.4, 0.5) is 0 Å². The van der Waals surface area contributed by atoms with E-state index < -0.39 is 0 Å². The van der Waals surface area contributed by atoms with Gasteiger partial charge in [-0.15, -0.1) is 6.58 Å². The number of benzene rings is 1. The molecule has 1 aromatic carbocycles. The van der Waals surface area contributed by atoms with Gasteiger partial charge < -0.3 is 5.73 Å². The van der Waals surface area contributed by atoms with Crippen molar-refractivity contribution in [2.45, 2.75) is 18.9 Å². The van der Waals surface area contributed by atoms with Crippen molar-refractivity contribution in [3.63, 3.8) is 0 Å². The van der Waals surface area contributed by atoms with Crippen LogP contribution in [-0.4, -0.2) is 4.98 Å². The number of para-hydroxylation sites is 1. The Bertz CT molecular complexity index is 537. The van der Waals surface area contributed by atoms with E-state index in [2.05, 4.69) is 33.6 Å². The first-order valence-corrected chi connectivity index (χ1v) is 6.43. The molecule has 0 radical (unpaired) electrons. The molecule has 2 rings (SSSR count). The molecule has 0 saturated heterocycles. The molecule has 2 N–H and O–H groups in total. The molecule has 17 heavy (non-hydrogen) atoms. The number of nitrogens with two attached hydrogens (primary N) is 1. The molecule has 2 nitrogen and oxygen atoms in total. The molecular formula is C14H15BrN2. The van der Waals surface area contributed by atoms with E-state index in [4.69, 9.17) is 5.73 Å². The fourth-order valence-electron chi connectivity index (χ4n) is 1.80. The number of pyridine rings is 1. The molecule has 1 atom stereocenters. The summed E-state index contributed by atoms with van der Waals surface area (Å²) >= 11 is 3.54. The third-order valence-electron chi connectivity index (χ3n) is 2.74. The third kappa shape index (κ3) is 2.73. The van der Waals surface area contributed by atoms with Gasteiger partial charge in [-0.3, -0.25) is 0 Å². The average molecular weight is 291 g/mol. The largest absolute Gasteiger partial charge is 0.323 e. The van der Waals surface area contributed by atoms with Gasteiger partial charge in [0.1, 0.15) is 0 Å². The second-order valence-corrected chi connectivity index (χ2v) is 4.87. The minimum atomic E-state index is -0.0491. The molecule has 1 heterocycles. The molecule has 0 spiro atoms. The molecule has 88 valence electrons. The number of allylic oxidation sites excluding steroid dienone is 1. The van der Waals surface area contributed by atoms with Gasteiger partial charge >= 0.3 is 0 Å². The Labute approximate surface area is 110 Å². The molecule has 0 saturated carbocycles. The van der Waals surface area contributed by atoms with E-state index in [1.54, 1.807) is 0 Å². The zero-order chi connectivity index (χ0) is 12.3. The first-order chi connectivity index (χ1) is 8.22. The predicted octanol–water partition coefficient (Wildman–Crippen LogP) is 3.96. The standard InChI is InChI=1S/C14H15BrN2/c1-2-3-7-12(16)14-11(15)9-10-6-4-5-8-13(10)17-14/h2,4-6,8-9,12H,1,3,7,16H2. The number of aromatic nitrogens is 1. The minimum absolute atomic E-state index is 0.0491. The molecule has 0 amide bonds. The van der Waals surface area contributed by atoms with Crippen molar-refractivity contribution in [1.82, 2.24) is 4.98 Å². The minimum Gasteiger partial charge on any atom is -0.323 e. The van der Waals surface area contributed by atoms with Crippen LogP contribution in [0, 0.1) is 0 Å². The monoisotopic (exact) mass is 290 g/mol. The Hall–Kier alpha value is -1.19. The molecule has 0 aliphatic rings. The summed E-state index contributed by atoms with van der Waals surface area (Å²) in [6, 6.07) is 10.1. The van der Waals surface area contributed by atoms with Crippen LogP contribution in [0.2, 0.25) is 0 Å². The summed E-state index contributed by atoms with van der Waals surface area (Å²) in [5, 5.41) is 1.12. The van der Waals surface area contributed by atoms with E-state index in [9.17, 15) is 0 Å². The number of nitrogens with zero attached hydrogens (tertiary/aromatic N) is 1. The lowest BCUT2D eigenvalue weighted by Crippen LogP contribution is -2.12. The van der Waals surface area contributed by atoms with Gasteiger partial charge in [-0.1, -0.05) is 24.3 Å². The zero-order valence-corrected chi connectivity index (χ0v) is 11.2. The zero-order valence-electron chi connectivity index (χ0n) is 9.57. The molecule has 1 unspecified atom stereocenters. The third-order valence-corrected chi connectivity index (χ3v) is 3.37. The Morgan fingerprint density at radius 2 is 2.18 bits per heavy atom. The highest BCUT2D eigenvalue weighted by atomic mass is 79.9. The van der Waals surface area contributed by atoms with E-state index in [1.807, 2.05) is 30.3 Å². The second kappa shape index (κ2) is 5.43. The van der Waals surface area contributed by atoms with Crippen LogP contribution in [0.25, 0.3) is 10.9 Å². The van der Waals surface area contributed by atoms with Crippen LogP contribution in [0.15, 0.2) is 47.5 Å². The summed E-state index contributed by atoms with van der Waals surface area (Å²) in [7, 11) is 0. The number of hydrogen-bond acceptors (Lipinski definition) is 2. The van der Waals surface area contributed by atoms with E-state index in [0.29, 0.717) is 0 Å². The van der Waals surface area contributed by atoms with Gasteiger partial charge in [0, 0.05) is 15.9 Å². The van der Waals surface area contributed by atoms with Crippen LogP contribution in [-0.2, 0) is 0 Å². The summed E-state index contributed by atoms with van der Waals surface area (Å²) in [5.41, 5.74) is 8.04. The SMILES string of the molecule is C=CCCC(N)c1nc2ccccc2cc1Br. The maximum absolute atomic E-state index is 6.13. The number of rotatable bonds is 4. The molecule has 1 aromatic heterocycles. The van der Waals surface area contributed by atoms with E-state index in [0.717, 1.165) is 33.9 Å². The van der Waals surface area contributed by atoms with Crippen LogP contribution in [0.5, 0.6) is 0 Å². The summed E-state index contributed by atoms with van der Waals surface area (Å²) in [5.74, 6) is 0. The lowest BCUT2D eigenvalue weighted by molar-refractivity contribution is 0.642. The lowest BCUT2D eigenvalue weighted by atomic mass is 10.1. The molecule has 3 heteroatoms. The maximum atomic E-state index is 6.13. The molecular weight excluding hydrogens is 276 g/mol. The van der Waals surface area contributed by atoms with Crippen molar-refractivity contribution in [1.29, 1.82) is 0 Å². The highest BCUT2D eigenvalue weighted by Gasteiger charge is 2.12. The number of halogens is 1. The Kier molecular flexibility index (Phi) is 3.92. The van der Waals surface area contributed by atoms with Crippen LogP contribution in [0.3, 0.4) is 0 Å². The second-order valence-electron chi connectivity index (χ2n) is 4.02. The number of fused-ring (bicyclic) bond motifs is 1. The lowest BCUT2D eigenvalue weighted by Gasteiger charge is -2.12. The van der Waals surface area contributed by atoms with Crippen LogP contribution >= 0.6 is 15.9 Å². The Morgan fingerprint density at radius 3 is 2.94 bits per heavy atom. The predicted molar refractivity (Wildman–Crippen MR) is 75.8 cm³/mol. The van der Waals surface area contributed by atoms with Crippen LogP contribution < -0.4 is 5.73 Å². The van der Waals surface area contributed by atoms with Crippen molar-refractivity contribution in [2.75, 3.05) is 0 Å². The van der Waals surface area contributed by atoms with Gasteiger partial charge in [0.15, 0.2) is 0 Å². The van der Waals surface area contributed by atoms with Crippen molar-refractivity contribution in [2.24, 2.45) is 5.73 Å². The molecule has 0 fully saturated rings. The Balaban J connectivity index is 2.39. The van der Waals surface area contributed by atoms with E-state index in [-0.39, 0.29) is 6.04 Å². The molecule has 2 aromatic rings. The highest BCUT2D eigenvalue weighted by molar-refractivity contribution is 9.10. The molecule has 0 bridgehead atoms. The van der Waals surface area contributed by atoms with Crippen molar-refractivity contribution < 1.29 is 0 Å². The van der Waals surface area contributed by atoms with Crippen molar-refractivity contribution >= 4 is 26.8 Å². The molecule has 0 aliphatic carbocycles. The van der Waals surface area contributed by atoms with E-state index >= 15 is 0 Å². The normalized spacial score (nSPS) is 12.6. The van der Waals surface area contributed by atoms with E-state index in [1.165, 1.54) is 0 Å². The summed E-state index contributed by atoms with van der Waals surface area (Å²) in [4.78, 5) is 4.62. The first-order valence-electron chi connectivity index (χ1n) is 5.64. The topological polar surface area (TPSA) is 38.9 Å². The van der Waals surface area contributed by atoms with Crippen molar-refractivity contribution in [3.8, 4) is 0 Å². The van der Waals surface area contributed by atoms with Gasteiger partial charge in [-0.05, 0) is 40.9 Å². The molecule has 0 aliphatic heterocycles. The fraction of sp³-hybridized carbons (Fsp3) is 0.214. The fourth-order valence-corrected chi connectivity index (χ4v) is 2.43. The first kappa shape index (κ1) is 12.3. The maximum Gasteiger partial charge on any atom is 0.0720 e. The Morgan fingerprint density at radius 1 is 1.41 bits per heavy atom. The van der Waals surface area contributed by atoms with Crippen LogP contribution in [0.1, 0.15) is 24.6 Å². The van der Waals surface area contributed by atoms with Crippen molar-refractivity contribution in [3.05, 3.63) is 53.2 Å². The highest BCUT2D eigenvalue weighted by Crippen LogP contribution is 2.26. The average Bonchev–Trinajstić information content (AvgIpc) is 2.35. The van der Waals surface area contributed by atoms with Gasteiger partial charge in [-0.2, -0.15) is 0 Å². The summed E-state index contributed by atoms with van der Waals surface area (Å²) in [6.07, 6.45) is 3.66. The van der Waals surface area contributed by atoms with Gasteiger partial charge in [-0.25, -0.2) is 4.98 Å². The van der Waals surface area contributed by atoms with Gasteiger partial charge in [0.2, 0.25) is 0 Å².